The van der Waals surface area contributed by atoms with E-state index in [1.165, 1.54) is 25.8 Å². The largest absolute Gasteiger partial charge is 0.378 e. The molecule has 2 heterocycles. The summed E-state index contributed by atoms with van der Waals surface area (Å²) in [5, 5.41) is 0. The van der Waals surface area contributed by atoms with Gasteiger partial charge in [0.1, 0.15) is 0 Å². The summed E-state index contributed by atoms with van der Waals surface area (Å²) in [5.74, 6) is 0. The fourth-order valence-corrected chi connectivity index (χ4v) is 2.30. The lowest BCUT2D eigenvalue weighted by Crippen LogP contribution is -2.43. The first-order valence-corrected chi connectivity index (χ1v) is 5.37. The number of ether oxygens (including phenoxy) is 1. The van der Waals surface area contributed by atoms with Gasteiger partial charge in [0, 0.05) is 25.7 Å². The fraction of sp³-hybridized carbons (Fsp3) is 0.818. The first-order chi connectivity index (χ1) is 6.36. The molecule has 0 aromatic heterocycles. The van der Waals surface area contributed by atoms with Crippen molar-refractivity contribution in [2.75, 3.05) is 19.7 Å². The number of hydrogen-bond donors (Lipinski definition) is 0. The third-order valence-electron chi connectivity index (χ3n) is 3.06. The Kier molecular flexibility index (Phi) is 3.01. The first kappa shape index (κ1) is 9.22. The molecule has 2 aliphatic rings. The van der Waals surface area contributed by atoms with Crippen molar-refractivity contribution in [1.29, 1.82) is 0 Å². The van der Waals surface area contributed by atoms with Crippen molar-refractivity contribution in [3.8, 4) is 0 Å². The van der Waals surface area contributed by atoms with Crippen LogP contribution in [0.15, 0.2) is 12.2 Å². The second-order valence-corrected chi connectivity index (χ2v) is 4.11. The van der Waals surface area contributed by atoms with E-state index in [1.54, 1.807) is 0 Å². The van der Waals surface area contributed by atoms with Crippen LogP contribution < -0.4 is 0 Å². The van der Waals surface area contributed by atoms with Gasteiger partial charge < -0.3 is 4.74 Å². The molecule has 0 aromatic carbocycles. The third kappa shape index (κ3) is 2.32. The Morgan fingerprint density at radius 2 is 2.31 bits per heavy atom. The highest BCUT2D eigenvalue weighted by molar-refractivity contribution is 4.93. The SMILES string of the molecule is CC1CC(N2CC=CCC2)CCO1. The van der Waals surface area contributed by atoms with Crippen molar-refractivity contribution in [1.82, 2.24) is 4.90 Å². The Morgan fingerprint density at radius 3 is 3.00 bits per heavy atom. The average Bonchev–Trinajstić information content (AvgIpc) is 2.19. The Hall–Kier alpha value is -0.340. The van der Waals surface area contributed by atoms with E-state index in [9.17, 15) is 0 Å². The van der Waals surface area contributed by atoms with Crippen LogP contribution in [0.5, 0.6) is 0 Å². The number of nitrogens with zero attached hydrogens (tertiary/aromatic N) is 1. The molecule has 2 atom stereocenters. The van der Waals surface area contributed by atoms with E-state index >= 15 is 0 Å². The van der Waals surface area contributed by atoms with E-state index in [1.807, 2.05) is 0 Å². The van der Waals surface area contributed by atoms with Crippen LogP contribution in [-0.4, -0.2) is 36.7 Å². The lowest BCUT2D eigenvalue weighted by molar-refractivity contribution is -0.0152. The molecule has 0 amide bonds. The molecule has 0 radical (unpaired) electrons. The van der Waals surface area contributed by atoms with Crippen LogP contribution >= 0.6 is 0 Å². The Bertz CT molecular complexity index is 191. The smallest absolute Gasteiger partial charge is 0.0561 e. The minimum absolute atomic E-state index is 0.463. The summed E-state index contributed by atoms with van der Waals surface area (Å²) in [4.78, 5) is 2.60. The molecule has 1 saturated heterocycles. The van der Waals surface area contributed by atoms with Crippen molar-refractivity contribution in [2.24, 2.45) is 0 Å². The standard InChI is InChI=1S/C11H19NO/c1-10-9-11(5-8-13-10)12-6-3-2-4-7-12/h2-3,10-11H,4-9H2,1H3. The number of hydrogen-bond acceptors (Lipinski definition) is 2. The van der Waals surface area contributed by atoms with Crippen LogP contribution in [-0.2, 0) is 4.74 Å². The quantitative estimate of drug-likeness (QED) is 0.572. The van der Waals surface area contributed by atoms with Crippen molar-refractivity contribution in [3.05, 3.63) is 12.2 Å². The molecular formula is C11H19NO. The molecule has 0 saturated carbocycles. The Balaban J connectivity index is 1.88. The number of rotatable bonds is 1. The maximum atomic E-state index is 5.55. The van der Waals surface area contributed by atoms with Crippen LogP contribution in [0.1, 0.15) is 26.2 Å². The van der Waals surface area contributed by atoms with Gasteiger partial charge in [0.05, 0.1) is 6.10 Å². The van der Waals surface area contributed by atoms with E-state index < -0.39 is 0 Å². The van der Waals surface area contributed by atoms with Gasteiger partial charge in [0.25, 0.3) is 0 Å². The summed E-state index contributed by atoms with van der Waals surface area (Å²) < 4.78 is 5.55. The maximum absolute atomic E-state index is 5.55. The van der Waals surface area contributed by atoms with E-state index in [-0.39, 0.29) is 0 Å². The first-order valence-electron chi connectivity index (χ1n) is 5.37. The molecule has 74 valence electrons. The second kappa shape index (κ2) is 4.25. The average molecular weight is 181 g/mol. The summed E-state index contributed by atoms with van der Waals surface area (Å²) in [5.41, 5.74) is 0. The van der Waals surface area contributed by atoms with Crippen LogP contribution in [0.25, 0.3) is 0 Å². The van der Waals surface area contributed by atoms with Crippen molar-refractivity contribution < 1.29 is 4.74 Å². The highest BCUT2D eigenvalue weighted by Crippen LogP contribution is 2.20. The Labute approximate surface area is 80.6 Å². The monoisotopic (exact) mass is 181 g/mol. The van der Waals surface area contributed by atoms with Gasteiger partial charge in [-0.05, 0) is 26.2 Å². The third-order valence-corrected chi connectivity index (χ3v) is 3.06. The van der Waals surface area contributed by atoms with Crippen LogP contribution in [0, 0.1) is 0 Å². The normalized spacial score (nSPS) is 36.4. The molecule has 1 fully saturated rings. The van der Waals surface area contributed by atoms with Gasteiger partial charge in [0.15, 0.2) is 0 Å². The molecule has 0 bridgehead atoms. The minimum Gasteiger partial charge on any atom is -0.378 e. The van der Waals surface area contributed by atoms with Gasteiger partial charge in [-0.2, -0.15) is 0 Å². The highest BCUT2D eigenvalue weighted by atomic mass is 16.5. The summed E-state index contributed by atoms with van der Waals surface area (Å²) in [6, 6.07) is 0.772. The van der Waals surface area contributed by atoms with Crippen LogP contribution in [0.3, 0.4) is 0 Å². The van der Waals surface area contributed by atoms with Gasteiger partial charge in [-0.1, -0.05) is 12.2 Å². The maximum Gasteiger partial charge on any atom is 0.0561 e. The van der Waals surface area contributed by atoms with Gasteiger partial charge in [-0.25, -0.2) is 0 Å². The minimum atomic E-state index is 0.463. The lowest BCUT2D eigenvalue weighted by Gasteiger charge is -2.37. The van der Waals surface area contributed by atoms with Crippen LogP contribution in [0.2, 0.25) is 0 Å². The predicted molar refractivity (Wildman–Crippen MR) is 53.8 cm³/mol. The lowest BCUT2D eigenvalue weighted by atomic mass is 10.0. The molecule has 13 heavy (non-hydrogen) atoms. The molecule has 0 N–H and O–H groups in total. The van der Waals surface area contributed by atoms with Gasteiger partial charge in [-0.3, -0.25) is 4.90 Å². The molecule has 2 rings (SSSR count). The second-order valence-electron chi connectivity index (χ2n) is 4.11. The zero-order valence-electron chi connectivity index (χ0n) is 8.41. The zero-order valence-corrected chi connectivity index (χ0v) is 8.41. The Morgan fingerprint density at radius 1 is 1.38 bits per heavy atom. The molecule has 0 aromatic rings. The molecule has 2 unspecified atom stereocenters. The molecular weight excluding hydrogens is 162 g/mol. The van der Waals surface area contributed by atoms with E-state index in [0.29, 0.717) is 6.10 Å². The van der Waals surface area contributed by atoms with Gasteiger partial charge in [-0.15, -0.1) is 0 Å². The molecule has 2 aliphatic heterocycles. The molecule has 2 nitrogen and oxygen atoms in total. The van der Waals surface area contributed by atoms with Crippen LogP contribution in [0.4, 0.5) is 0 Å². The fourth-order valence-electron chi connectivity index (χ4n) is 2.30. The van der Waals surface area contributed by atoms with E-state index in [2.05, 4.69) is 24.0 Å². The van der Waals surface area contributed by atoms with Crippen molar-refractivity contribution in [2.45, 2.75) is 38.3 Å². The van der Waals surface area contributed by atoms with Gasteiger partial charge in [0.2, 0.25) is 0 Å². The highest BCUT2D eigenvalue weighted by Gasteiger charge is 2.24. The molecule has 2 heteroatoms. The van der Waals surface area contributed by atoms with Crippen molar-refractivity contribution >= 4 is 0 Å². The molecule has 0 aliphatic carbocycles. The molecule has 0 spiro atoms. The summed E-state index contributed by atoms with van der Waals surface area (Å²) >= 11 is 0. The zero-order chi connectivity index (χ0) is 9.10. The van der Waals surface area contributed by atoms with Crippen molar-refractivity contribution in [3.63, 3.8) is 0 Å². The summed E-state index contributed by atoms with van der Waals surface area (Å²) in [6.45, 7) is 5.53. The topological polar surface area (TPSA) is 12.5 Å². The summed E-state index contributed by atoms with van der Waals surface area (Å²) in [6.07, 6.45) is 8.71. The van der Waals surface area contributed by atoms with E-state index in [4.69, 9.17) is 4.74 Å². The van der Waals surface area contributed by atoms with E-state index in [0.717, 1.165) is 19.2 Å². The summed E-state index contributed by atoms with van der Waals surface area (Å²) in [7, 11) is 0. The van der Waals surface area contributed by atoms with Gasteiger partial charge >= 0.3 is 0 Å². The predicted octanol–water partition coefficient (Wildman–Crippen LogP) is 1.82.